The number of primary amides is 1. The highest BCUT2D eigenvalue weighted by Gasteiger charge is 2.12. The van der Waals surface area contributed by atoms with Gasteiger partial charge in [0.05, 0.1) is 22.7 Å². The predicted octanol–water partition coefficient (Wildman–Crippen LogP) is 4.42. The summed E-state index contributed by atoms with van der Waals surface area (Å²) in [5.74, 6) is -0.290. The van der Waals surface area contributed by atoms with E-state index < -0.39 is 5.91 Å². The molecule has 0 atom stereocenters. The van der Waals surface area contributed by atoms with Crippen molar-refractivity contribution in [3.63, 3.8) is 0 Å². The molecule has 0 aliphatic rings. The predicted molar refractivity (Wildman–Crippen MR) is 103 cm³/mol. The lowest BCUT2D eigenvalue weighted by molar-refractivity contribution is -0.119. The molecule has 0 aromatic heterocycles. The van der Waals surface area contributed by atoms with Gasteiger partial charge in [-0.2, -0.15) is 0 Å². The number of nitrogens with two attached hydrogens (primary N) is 1. The molecule has 0 bridgehead atoms. The van der Waals surface area contributed by atoms with Gasteiger partial charge in [-0.15, -0.1) is 0 Å². The summed E-state index contributed by atoms with van der Waals surface area (Å²) in [4.78, 5) is 23.2. The topological polar surface area (TPSA) is 78.6 Å². The molecule has 1 amide bonds. The van der Waals surface area contributed by atoms with Crippen LogP contribution >= 0.6 is 34.8 Å². The van der Waals surface area contributed by atoms with E-state index in [1.54, 1.807) is 6.07 Å². The summed E-state index contributed by atoms with van der Waals surface area (Å²) in [7, 11) is 1.42. The summed E-state index contributed by atoms with van der Waals surface area (Å²) in [6, 6.07) is 7.66. The van der Waals surface area contributed by atoms with Crippen LogP contribution in [0.1, 0.15) is 15.9 Å². The molecular formula is C18H14Cl3NO4. The molecule has 26 heavy (non-hydrogen) atoms. The van der Waals surface area contributed by atoms with Gasteiger partial charge in [-0.1, -0.05) is 34.8 Å². The molecule has 0 spiro atoms. The fraction of sp³-hybridized carbons (Fsp3) is 0.111. The van der Waals surface area contributed by atoms with Crippen molar-refractivity contribution in [3.8, 4) is 11.5 Å². The summed E-state index contributed by atoms with van der Waals surface area (Å²) in [5.41, 5.74) is 5.85. The largest absolute Gasteiger partial charge is 0.496 e. The molecule has 0 aliphatic carbocycles. The number of hydrogen-bond donors (Lipinski definition) is 1. The third kappa shape index (κ3) is 5.14. The van der Waals surface area contributed by atoms with Gasteiger partial charge in [0.25, 0.3) is 5.91 Å². The minimum atomic E-state index is -0.607. The Kier molecular flexibility index (Phi) is 6.91. The second-order valence-corrected chi connectivity index (χ2v) is 6.33. The van der Waals surface area contributed by atoms with E-state index in [2.05, 4.69) is 0 Å². The molecule has 0 saturated carbocycles. The molecule has 2 N–H and O–H groups in total. The van der Waals surface area contributed by atoms with Crippen molar-refractivity contribution in [2.75, 3.05) is 13.7 Å². The number of carbonyl (C=O) groups excluding carboxylic acids is 2. The van der Waals surface area contributed by atoms with Crippen molar-refractivity contribution < 1.29 is 19.1 Å². The van der Waals surface area contributed by atoms with Crippen LogP contribution < -0.4 is 15.2 Å². The Labute approximate surface area is 165 Å². The molecule has 2 aromatic rings. The highest BCUT2D eigenvalue weighted by molar-refractivity contribution is 6.44. The minimum absolute atomic E-state index is 0.273. The maximum atomic E-state index is 12.5. The maximum absolute atomic E-state index is 12.5. The van der Waals surface area contributed by atoms with E-state index in [0.717, 1.165) is 0 Å². The van der Waals surface area contributed by atoms with Crippen LogP contribution in [0, 0.1) is 0 Å². The summed E-state index contributed by atoms with van der Waals surface area (Å²) in [6.07, 6.45) is 2.84. The highest BCUT2D eigenvalue weighted by atomic mass is 35.5. The van der Waals surface area contributed by atoms with Crippen molar-refractivity contribution in [2.24, 2.45) is 5.73 Å². The van der Waals surface area contributed by atoms with Gasteiger partial charge < -0.3 is 15.2 Å². The quantitative estimate of drug-likeness (QED) is 0.413. The lowest BCUT2D eigenvalue weighted by Gasteiger charge is -2.09. The van der Waals surface area contributed by atoms with Crippen LogP contribution in [0.5, 0.6) is 11.5 Å². The molecule has 0 unspecified atom stereocenters. The highest BCUT2D eigenvalue weighted by Crippen LogP contribution is 2.31. The van der Waals surface area contributed by atoms with E-state index in [1.165, 1.54) is 43.5 Å². The number of benzene rings is 2. The number of hydrogen-bond acceptors (Lipinski definition) is 4. The average Bonchev–Trinajstić information content (AvgIpc) is 2.61. The molecule has 0 fully saturated rings. The Bertz CT molecular complexity index is 881. The van der Waals surface area contributed by atoms with Crippen molar-refractivity contribution >= 4 is 52.6 Å². The summed E-state index contributed by atoms with van der Waals surface area (Å²) in [5, 5.41) is 0.988. The summed E-state index contributed by atoms with van der Waals surface area (Å²) < 4.78 is 10.4. The number of halogens is 3. The SMILES string of the molecule is COc1cc(OCC(N)=O)ccc1C(=O)/C=C/c1cc(Cl)cc(Cl)c1Cl. The van der Waals surface area contributed by atoms with E-state index in [0.29, 0.717) is 31.9 Å². The summed E-state index contributed by atoms with van der Waals surface area (Å²) >= 11 is 18.0. The zero-order valence-corrected chi connectivity index (χ0v) is 15.9. The lowest BCUT2D eigenvalue weighted by Crippen LogP contribution is -2.20. The second-order valence-electron chi connectivity index (χ2n) is 5.11. The van der Waals surface area contributed by atoms with Crippen molar-refractivity contribution in [2.45, 2.75) is 0 Å². The van der Waals surface area contributed by atoms with Crippen molar-refractivity contribution in [3.05, 3.63) is 62.6 Å². The third-order valence-corrected chi connectivity index (χ3v) is 4.29. The first kappa shape index (κ1) is 20.1. The van der Waals surface area contributed by atoms with Crippen LogP contribution in [0.3, 0.4) is 0 Å². The van der Waals surface area contributed by atoms with Gasteiger partial charge in [0, 0.05) is 11.1 Å². The minimum Gasteiger partial charge on any atom is -0.496 e. The molecular weight excluding hydrogens is 401 g/mol. The number of rotatable bonds is 7. The van der Waals surface area contributed by atoms with Gasteiger partial charge in [-0.25, -0.2) is 0 Å². The Balaban J connectivity index is 2.25. The van der Waals surface area contributed by atoms with E-state index >= 15 is 0 Å². The molecule has 0 saturated heterocycles. The Hall–Kier alpha value is -2.21. The second kappa shape index (κ2) is 8.94. The fourth-order valence-electron chi connectivity index (χ4n) is 2.07. The monoisotopic (exact) mass is 413 g/mol. The first-order valence-electron chi connectivity index (χ1n) is 7.28. The molecule has 0 heterocycles. The number of ketones is 1. The van der Waals surface area contributed by atoms with Crippen LogP contribution in [-0.4, -0.2) is 25.4 Å². The lowest BCUT2D eigenvalue weighted by atomic mass is 10.1. The third-order valence-electron chi connectivity index (χ3n) is 3.25. The summed E-state index contributed by atoms with van der Waals surface area (Å²) in [6.45, 7) is -0.273. The van der Waals surface area contributed by atoms with Crippen LogP contribution in [0.25, 0.3) is 6.08 Å². The normalized spacial score (nSPS) is 10.8. The van der Waals surface area contributed by atoms with Gasteiger partial charge in [0.15, 0.2) is 12.4 Å². The Morgan fingerprint density at radius 2 is 1.88 bits per heavy atom. The van der Waals surface area contributed by atoms with Gasteiger partial charge in [-0.05, 0) is 42.0 Å². The van der Waals surface area contributed by atoms with Gasteiger partial charge >= 0.3 is 0 Å². The van der Waals surface area contributed by atoms with E-state index in [4.69, 9.17) is 50.0 Å². The first-order valence-corrected chi connectivity index (χ1v) is 8.41. The molecule has 0 radical (unpaired) electrons. The van der Waals surface area contributed by atoms with Crippen LogP contribution in [-0.2, 0) is 4.79 Å². The van der Waals surface area contributed by atoms with Crippen LogP contribution in [0.2, 0.25) is 15.1 Å². The van der Waals surface area contributed by atoms with E-state index in [-0.39, 0.29) is 18.1 Å². The van der Waals surface area contributed by atoms with Gasteiger partial charge in [-0.3, -0.25) is 9.59 Å². The van der Waals surface area contributed by atoms with Crippen molar-refractivity contribution in [1.29, 1.82) is 0 Å². The molecule has 2 rings (SSSR count). The molecule has 5 nitrogen and oxygen atoms in total. The first-order chi connectivity index (χ1) is 12.3. The molecule has 8 heteroatoms. The number of ether oxygens (including phenoxy) is 2. The Morgan fingerprint density at radius 3 is 2.54 bits per heavy atom. The van der Waals surface area contributed by atoms with Gasteiger partial charge in [0.2, 0.25) is 0 Å². The average molecular weight is 415 g/mol. The number of carbonyl (C=O) groups is 2. The molecule has 0 aliphatic heterocycles. The van der Waals surface area contributed by atoms with Gasteiger partial charge in [0.1, 0.15) is 11.5 Å². The fourth-order valence-corrected chi connectivity index (χ4v) is 2.75. The number of allylic oxidation sites excluding steroid dienone is 1. The molecule has 136 valence electrons. The zero-order chi connectivity index (χ0) is 19.3. The van der Waals surface area contributed by atoms with E-state index in [9.17, 15) is 9.59 Å². The van der Waals surface area contributed by atoms with Crippen molar-refractivity contribution in [1.82, 2.24) is 0 Å². The van der Waals surface area contributed by atoms with Crippen LogP contribution in [0.4, 0.5) is 0 Å². The molecule has 2 aromatic carbocycles. The smallest absolute Gasteiger partial charge is 0.255 e. The van der Waals surface area contributed by atoms with E-state index in [1.807, 2.05) is 0 Å². The number of methoxy groups -OCH3 is 1. The standard InChI is InChI=1S/C18H14Cl3NO4/c1-25-16-8-12(26-9-17(22)24)3-4-13(16)15(23)5-2-10-6-11(19)7-14(20)18(10)21/h2-8H,9H2,1H3,(H2,22,24)/b5-2+. The Morgan fingerprint density at radius 1 is 1.15 bits per heavy atom. The maximum Gasteiger partial charge on any atom is 0.255 e. The van der Waals surface area contributed by atoms with Crippen LogP contribution in [0.15, 0.2) is 36.4 Å². The zero-order valence-electron chi connectivity index (χ0n) is 13.6. The number of amides is 1.